The van der Waals surface area contributed by atoms with Gasteiger partial charge in [0.05, 0.1) is 18.8 Å². The maximum Gasteiger partial charge on any atom is 0.251 e. The fourth-order valence-corrected chi connectivity index (χ4v) is 4.87. The van der Waals surface area contributed by atoms with E-state index in [9.17, 15) is 19.5 Å². The standard InChI is InChI=1S/C33H47N3O5/c1-6-17-41-27-21-25(20-26(22-27)36-16-10-13-30(36)38)32(40)35-28(19-24-11-8-7-9-12-24)29(37)18-23(2)31(39)34-15-14-33(3,4)5/h7-9,11-12,20-23,28-29,37H,6,10,13-19H2,1-5H3,(H,34,39)(H,35,40)/t23-,28+,29+/m1/s1. The van der Waals surface area contributed by atoms with Crippen LogP contribution in [-0.4, -0.2) is 54.7 Å². The number of nitrogens with zero attached hydrogens (tertiary/aromatic N) is 1. The van der Waals surface area contributed by atoms with E-state index in [0.29, 0.717) is 49.5 Å². The van der Waals surface area contributed by atoms with Crippen molar-refractivity contribution >= 4 is 23.4 Å². The molecule has 3 atom stereocenters. The number of benzene rings is 2. The smallest absolute Gasteiger partial charge is 0.251 e. The van der Waals surface area contributed by atoms with Crippen molar-refractivity contribution in [3.05, 3.63) is 59.7 Å². The Morgan fingerprint density at radius 1 is 1.12 bits per heavy atom. The number of carbonyl (C=O) groups excluding carboxylic acids is 3. The highest BCUT2D eigenvalue weighted by atomic mass is 16.5. The summed E-state index contributed by atoms with van der Waals surface area (Å²) >= 11 is 0. The molecule has 1 fully saturated rings. The van der Waals surface area contributed by atoms with Crippen LogP contribution in [0.15, 0.2) is 48.5 Å². The summed E-state index contributed by atoms with van der Waals surface area (Å²) in [6, 6.07) is 14.2. The van der Waals surface area contributed by atoms with Crippen LogP contribution in [0.5, 0.6) is 5.75 Å². The number of rotatable bonds is 14. The normalized spacial score (nSPS) is 15.8. The number of aliphatic hydroxyl groups is 1. The molecule has 0 aliphatic carbocycles. The highest BCUT2D eigenvalue weighted by molar-refractivity contribution is 5.99. The van der Waals surface area contributed by atoms with Crippen molar-refractivity contribution in [3.63, 3.8) is 0 Å². The van der Waals surface area contributed by atoms with Crippen molar-refractivity contribution in [3.8, 4) is 5.75 Å². The molecular weight excluding hydrogens is 518 g/mol. The number of hydrogen-bond acceptors (Lipinski definition) is 5. The SMILES string of the molecule is CCCOc1cc(C(=O)N[C@@H](Cc2ccccc2)[C@@H](O)C[C@@H](C)C(=O)NCCC(C)(C)C)cc(N2CCCC2=O)c1. The van der Waals surface area contributed by atoms with Crippen molar-refractivity contribution in [1.82, 2.24) is 10.6 Å². The molecule has 1 heterocycles. The minimum atomic E-state index is -0.957. The predicted octanol–water partition coefficient (Wildman–Crippen LogP) is 4.88. The van der Waals surface area contributed by atoms with Gasteiger partial charge in [0.2, 0.25) is 11.8 Å². The molecule has 224 valence electrons. The van der Waals surface area contributed by atoms with Crippen LogP contribution in [0.2, 0.25) is 0 Å². The number of amides is 3. The Bertz CT molecular complexity index is 1160. The third kappa shape index (κ3) is 10.2. The monoisotopic (exact) mass is 565 g/mol. The largest absolute Gasteiger partial charge is 0.494 e. The summed E-state index contributed by atoms with van der Waals surface area (Å²) in [7, 11) is 0. The summed E-state index contributed by atoms with van der Waals surface area (Å²) < 4.78 is 5.85. The van der Waals surface area contributed by atoms with Crippen LogP contribution >= 0.6 is 0 Å². The van der Waals surface area contributed by atoms with E-state index in [2.05, 4.69) is 31.4 Å². The molecule has 0 bridgehead atoms. The molecule has 2 aromatic rings. The molecule has 3 N–H and O–H groups in total. The first-order valence-corrected chi connectivity index (χ1v) is 14.9. The molecule has 3 amide bonds. The van der Waals surface area contributed by atoms with Crippen LogP contribution < -0.4 is 20.3 Å². The number of aliphatic hydroxyl groups excluding tert-OH is 1. The Kier molecular flexibility index (Phi) is 11.8. The molecule has 1 aliphatic heterocycles. The molecule has 0 saturated carbocycles. The second kappa shape index (κ2) is 15.0. The van der Waals surface area contributed by atoms with E-state index in [1.165, 1.54) is 0 Å². The molecule has 2 aromatic carbocycles. The van der Waals surface area contributed by atoms with E-state index in [1.54, 1.807) is 30.0 Å². The predicted molar refractivity (Wildman–Crippen MR) is 162 cm³/mol. The topological polar surface area (TPSA) is 108 Å². The van der Waals surface area contributed by atoms with Gasteiger partial charge in [-0.3, -0.25) is 14.4 Å². The maximum atomic E-state index is 13.6. The van der Waals surface area contributed by atoms with Gasteiger partial charge in [0.15, 0.2) is 0 Å². The Morgan fingerprint density at radius 3 is 2.49 bits per heavy atom. The van der Waals surface area contributed by atoms with Crippen molar-refractivity contribution in [1.29, 1.82) is 0 Å². The van der Waals surface area contributed by atoms with E-state index in [-0.39, 0.29) is 29.6 Å². The van der Waals surface area contributed by atoms with E-state index >= 15 is 0 Å². The summed E-state index contributed by atoms with van der Waals surface area (Å²) in [5, 5.41) is 17.3. The lowest BCUT2D eigenvalue weighted by Gasteiger charge is -2.27. The third-order valence-corrected chi connectivity index (χ3v) is 7.31. The van der Waals surface area contributed by atoms with Gasteiger partial charge in [0, 0.05) is 42.7 Å². The third-order valence-electron chi connectivity index (χ3n) is 7.31. The molecule has 0 spiro atoms. The maximum absolute atomic E-state index is 13.6. The zero-order chi connectivity index (χ0) is 30.0. The minimum absolute atomic E-state index is 0.0242. The number of anilines is 1. The first-order chi connectivity index (χ1) is 19.5. The van der Waals surface area contributed by atoms with E-state index in [4.69, 9.17) is 4.74 Å². The molecular formula is C33H47N3O5. The Hall–Kier alpha value is -3.39. The lowest BCUT2D eigenvalue weighted by molar-refractivity contribution is -0.125. The van der Waals surface area contributed by atoms with Gasteiger partial charge in [-0.15, -0.1) is 0 Å². The van der Waals surface area contributed by atoms with E-state index in [0.717, 1.165) is 24.8 Å². The molecule has 0 radical (unpaired) electrons. The zero-order valence-corrected chi connectivity index (χ0v) is 25.2. The van der Waals surface area contributed by atoms with Gasteiger partial charge in [-0.05, 0) is 55.2 Å². The number of carbonyl (C=O) groups is 3. The molecule has 8 nitrogen and oxygen atoms in total. The highest BCUT2D eigenvalue weighted by Gasteiger charge is 2.28. The molecule has 41 heavy (non-hydrogen) atoms. The Labute approximate surface area is 244 Å². The van der Waals surface area contributed by atoms with Gasteiger partial charge in [-0.25, -0.2) is 0 Å². The average Bonchev–Trinajstić information content (AvgIpc) is 3.36. The first kappa shape index (κ1) is 32.1. The Morgan fingerprint density at radius 2 is 1.85 bits per heavy atom. The Balaban J connectivity index is 1.78. The van der Waals surface area contributed by atoms with Gasteiger partial charge >= 0.3 is 0 Å². The second-order valence-corrected chi connectivity index (χ2v) is 12.3. The lowest BCUT2D eigenvalue weighted by Crippen LogP contribution is -2.46. The molecule has 0 unspecified atom stereocenters. The molecule has 3 rings (SSSR count). The van der Waals surface area contributed by atoms with Gasteiger partial charge in [-0.1, -0.05) is 65.0 Å². The number of hydrogen-bond donors (Lipinski definition) is 3. The van der Waals surface area contributed by atoms with Crippen molar-refractivity contribution in [2.24, 2.45) is 11.3 Å². The number of ether oxygens (including phenoxy) is 1. The van der Waals surface area contributed by atoms with Crippen molar-refractivity contribution < 1.29 is 24.2 Å². The van der Waals surface area contributed by atoms with Gasteiger partial charge < -0.3 is 25.4 Å². The lowest BCUT2D eigenvalue weighted by atomic mass is 9.91. The first-order valence-electron chi connectivity index (χ1n) is 14.9. The fraction of sp³-hybridized carbons (Fsp3) is 0.545. The molecule has 8 heteroatoms. The summed E-state index contributed by atoms with van der Waals surface area (Å²) in [5.41, 5.74) is 2.06. The summed E-state index contributed by atoms with van der Waals surface area (Å²) in [6.45, 7) is 11.8. The summed E-state index contributed by atoms with van der Waals surface area (Å²) in [4.78, 5) is 40.5. The molecule has 1 aliphatic rings. The highest BCUT2D eigenvalue weighted by Crippen LogP contribution is 2.28. The molecule has 0 aromatic heterocycles. The van der Waals surface area contributed by atoms with Crippen LogP contribution in [0, 0.1) is 11.3 Å². The van der Waals surface area contributed by atoms with Crippen LogP contribution in [0.1, 0.15) is 82.6 Å². The van der Waals surface area contributed by atoms with Crippen molar-refractivity contribution in [2.45, 2.75) is 85.3 Å². The van der Waals surface area contributed by atoms with Crippen LogP contribution in [0.25, 0.3) is 0 Å². The van der Waals surface area contributed by atoms with Gasteiger partial charge in [0.25, 0.3) is 5.91 Å². The number of nitrogens with one attached hydrogen (secondary N) is 2. The van der Waals surface area contributed by atoms with E-state index in [1.807, 2.05) is 37.3 Å². The van der Waals surface area contributed by atoms with Crippen LogP contribution in [0.4, 0.5) is 5.69 Å². The quantitative estimate of drug-likeness (QED) is 0.303. The second-order valence-electron chi connectivity index (χ2n) is 12.3. The van der Waals surface area contributed by atoms with Crippen LogP contribution in [-0.2, 0) is 16.0 Å². The van der Waals surface area contributed by atoms with Crippen LogP contribution in [0.3, 0.4) is 0 Å². The van der Waals surface area contributed by atoms with Crippen molar-refractivity contribution in [2.75, 3.05) is 24.6 Å². The average molecular weight is 566 g/mol. The van der Waals surface area contributed by atoms with Gasteiger partial charge in [-0.2, -0.15) is 0 Å². The summed E-state index contributed by atoms with van der Waals surface area (Å²) in [6.07, 6.45) is 2.56. The summed E-state index contributed by atoms with van der Waals surface area (Å²) in [5.74, 6) is -0.370. The zero-order valence-electron chi connectivity index (χ0n) is 25.2. The molecule has 1 saturated heterocycles. The van der Waals surface area contributed by atoms with Gasteiger partial charge in [0.1, 0.15) is 5.75 Å². The minimum Gasteiger partial charge on any atom is -0.494 e. The fourth-order valence-electron chi connectivity index (χ4n) is 4.87. The van der Waals surface area contributed by atoms with E-state index < -0.39 is 18.1 Å².